The number of aliphatic hydroxyl groups excluding tert-OH is 4. The molecular weight excluding hydrogens is 532 g/mol. The highest BCUT2D eigenvalue weighted by molar-refractivity contribution is 6.02. The van der Waals surface area contributed by atoms with Crippen LogP contribution in [0.2, 0.25) is 0 Å². The maximum atomic E-state index is 13.8. The number of ketones is 2. The highest BCUT2D eigenvalue weighted by Crippen LogP contribution is 2.53. The molecule has 0 amide bonds. The van der Waals surface area contributed by atoms with Gasteiger partial charge in [0.15, 0.2) is 12.1 Å². The molecule has 2 bridgehead atoms. The fraction of sp³-hybridized carbons (Fsp3) is 0.800. The van der Waals surface area contributed by atoms with Crippen LogP contribution in [0, 0.1) is 35.5 Å². The van der Waals surface area contributed by atoms with E-state index < -0.39 is 72.0 Å². The standard InChI is InChI=1S/C30H44N2O9/c1-14-9-18-22(19(34)10-14)25(36)23-17(24(18)35)3-2-4-20(23)40-27-26(37)30(39)16(11-15-6-8-32-21(31)12-15)5-7-29(13-33,41-27)28(30)38/h9-10,15-18,20-23,26-28,32-34,37-39H,2-8,11-13,31H2,1H3/t15?,16-,17?,18+,20?,21?,22-,23?,26-,27-,28+,29+,30-/m0/s1. The van der Waals surface area contributed by atoms with E-state index in [4.69, 9.17) is 15.2 Å². The van der Waals surface area contributed by atoms with Gasteiger partial charge in [0, 0.05) is 5.92 Å². The first-order valence-electron chi connectivity index (χ1n) is 15.2. The number of aliphatic hydroxyl groups is 5. The summed E-state index contributed by atoms with van der Waals surface area (Å²) in [4.78, 5) is 27.4. The summed E-state index contributed by atoms with van der Waals surface area (Å²) >= 11 is 0. The molecule has 2 aliphatic heterocycles. The van der Waals surface area contributed by atoms with E-state index in [0.717, 1.165) is 18.5 Å². The molecule has 0 aromatic heterocycles. The Balaban J connectivity index is 1.26. The van der Waals surface area contributed by atoms with Crippen molar-refractivity contribution >= 4 is 11.6 Å². The molecule has 2 heterocycles. The Morgan fingerprint density at radius 1 is 1.17 bits per heavy atom. The average Bonchev–Trinajstić information content (AvgIpc) is 2.94. The number of carbonyl (C=O) groups excluding carboxylic acids is 2. The van der Waals surface area contributed by atoms with Gasteiger partial charge < -0.3 is 46.1 Å². The number of piperidine rings is 1. The Morgan fingerprint density at radius 2 is 1.95 bits per heavy atom. The van der Waals surface area contributed by atoms with Gasteiger partial charge in [-0.05, 0) is 76.3 Å². The van der Waals surface area contributed by atoms with Crippen LogP contribution in [0.5, 0.6) is 0 Å². The third-order valence-electron chi connectivity index (χ3n) is 11.0. The Morgan fingerprint density at radius 3 is 2.68 bits per heavy atom. The second-order valence-electron chi connectivity index (χ2n) is 13.4. The van der Waals surface area contributed by atoms with Gasteiger partial charge in [-0.15, -0.1) is 0 Å². The molecule has 4 aliphatic carbocycles. The van der Waals surface area contributed by atoms with Crippen molar-refractivity contribution < 1.29 is 44.6 Å². The molecule has 41 heavy (non-hydrogen) atoms. The zero-order valence-corrected chi connectivity index (χ0v) is 23.5. The van der Waals surface area contributed by atoms with Crippen LogP contribution in [0.4, 0.5) is 0 Å². The van der Waals surface area contributed by atoms with E-state index in [1.165, 1.54) is 6.08 Å². The zero-order valence-electron chi connectivity index (χ0n) is 23.5. The van der Waals surface area contributed by atoms with Crippen LogP contribution in [0.25, 0.3) is 0 Å². The number of allylic oxidation sites excluding steroid dienone is 4. The van der Waals surface area contributed by atoms with Gasteiger partial charge in [0.25, 0.3) is 0 Å². The first-order chi connectivity index (χ1) is 19.5. The number of hydrogen-bond acceptors (Lipinski definition) is 11. The molecule has 11 heteroatoms. The molecule has 11 nitrogen and oxygen atoms in total. The van der Waals surface area contributed by atoms with Crippen molar-refractivity contribution in [3.8, 4) is 0 Å². The second kappa shape index (κ2) is 10.8. The lowest BCUT2D eigenvalue weighted by Crippen LogP contribution is -2.77. The lowest BCUT2D eigenvalue weighted by molar-refractivity contribution is -0.398. The van der Waals surface area contributed by atoms with E-state index in [-0.39, 0.29) is 35.8 Å². The highest BCUT2D eigenvalue weighted by atomic mass is 16.7. The highest BCUT2D eigenvalue weighted by Gasteiger charge is 2.68. The number of rotatable bonds is 5. The fourth-order valence-corrected chi connectivity index (χ4v) is 8.87. The fourth-order valence-electron chi connectivity index (χ4n) is 8.87. The maximum Gasteiger partial charge on any atom is 0.187 e. The Kier molecular flexibility index (Phi) is 7.73. The van der Waals surface area contributed by atoms with Gasteiger partial charge in [0.2, 0.25) is 0 Å². The third-order valence-corrected chi connectivity index (χ3v) is 11.0. The number of ether oxygens (including phenoxy) is 2. The average molecular weight is 577 g/mol. The molecule has 5 unspecified atom stereocenters. The summed E-state index contributed by atoms with van der Waals surface area (Å²) in [5, 5.41) is 59.2. The topological polar surface area (TPSA) is 192 Å². The summed E-state index contributed by atoms with van der Waals surface area (Å²) in [6.07, 6.45) is 2.00. The smallest absolute Gasteiger partial charge is 0.187 e. The van der Waals surface area contributed by atoms with Gasteiger partial charge in [-0.25, -0.2) is 0 Å². The number of hydrogen-bond donors (Lipinski definition) is 7. The molecule has 2 saturated heterocycles. The van der Waals surface area contributed by atoms with Gasteiger partial charge in [-0.3, -0.25) is 9.59 Å². The molecular formula is C30H44N2O9. The van der Waals surface area contributed by atoms with Crippen LogP contribution in [0.1, 0.15) is 58.3 Å². The van der Waals surface area contributed by atoms with Crippen molar-refractivity contribution in [1.29, 1.82) is 0 Å². The largest absolute Gasteiger partial charge is 0.512 e. The summed E-state index contributed by atoms with van der Waals surface area (Å²) in [5.74, 6) is -3.91. The molecule has 6 rings (SSSR count). The molecule has 3 saturated carbocycles. The van der Waals surface area contributed by atoms with Gasteiger partial charge in [0.05, 0.1) is 36.6 Å². The molecule has 13 atom stereocenters. The molecule has 0 aromatic carbocycles. The Hall–Kier alpha value is -1.70. The quantitative estimate of drug-likeness (QED) is 0.236. The SMILES string of the molecule is CC1=C[C@H]2C(=O)C3CCCC(O[C@H]4O[C@@]5(CO)CC[C@@H](CC6CCNC(N)C6)[C@@](O)([C@@H]5O)[C@H]4O)C3C(=O)[C@@H]2C(O)=C1. The minimum Gasteiger partial charge on any atom is -0.512 e. The van der Waals surface area contributed by atoms with E-state index in [9.17, 15) is 35.1 Å². The number of nitrogens with one attached hydrogen (secondary N) is 1. The second-order valence-corrected chi connectivity index (χ2v) is 13.4. The first kappa shape index (κ1) is 29.4. The zero-order chi connectivity index (χ0) is 29.3. The van der Waals surface area contributed by atoms with Crippen molar-refractivity contribution in [3.63, 3.8) is 0 Å². The molecule has 228 valence electrons. The summed E-state index contributed by atoms with van der Waals surface area (Å²) in [6.45, 7) is 1.94. The lowest BCUT2D eigenvalue weighted by atomic mass is 9.59. The molecule has 5 fully saturated rings. The van der Waals surface area contributed by atoms with Crippen molar-refractivity contribution in [1.82, 2.24) is 5.32 Å². The minimum atomic E-state index is -2.02. The third kappa shape index (κ3) is 4.64. The molecule has 6 aliphatic rings. The van der Waals surface area contributed by atoms with Crippen molar-refractivity contribution in [2.24, 2.45) is 41.2 Å². The van der Waals surface area contributed by atoms with Crippen LogP contribution in [-0.2, 0) is 19.1 Å². The van der Waals surface area contributed by atoms with Gasteiger partial charge >= 0.3 is 0 Å². The number of Topliss-reactive ketones (excluding diaryl/α,β-unsaturated/α-hetero) is 2. The monoisotopic (exact) mass is 576 g/mol. The number of nitrogens with two attached hydrogens (primary N) is 1. The van der Waals surface area contributed by atoms with E-state index in [1.807, 2.05) is 0 Å². The minimum absolute atomic E-state index is 0.102. The predicted molar refractivity (Wildman–Crippen MR) is 145 cm³/mol. The summed E-state index contributed by atoms with van der Waals surface area (Å²) in [7, 11) is 0. The lowest BCUT2D eigenvalue weighted by Gasteiger charge is -2.60. The maximum absolute atomic E-state index is 13.8. The molecule has 0 spiro atoms. The van der Waals surface area contributed by atoms with Crippen molar-refractivity contribution in [2.45, 2.75) is 100 Å². The van der Waals surface area contributed by atoms with E-state index in [1.54, 1.807) is 13.0 Å². The Labute approximate surface area is 239 Å². The summed E-state index contributed by atoms with van der Waals surface area (Å²) in [5.41, 5.74) is 3.27. The number of carbonyl (C=O) groups is 2. The van der Waals surface area contributed by atoms with Gasteiger partial charge in [-0.1, -0.05) is 18.1 Å². The van der Waals surface area contributed by atoms with Crippen LogP contribution in [0.15, 0.2) is 23.5 Å². The normalized spacial score (nSPS) is 50.0. The first-order valence-corrected chi connectivity index (χ1v) is 15.2. The predicted octanol–water partition coefficient (Wildman–Crippen LogP) is 0.199. The van der Waals surface area contributed by atoms with Crippen molar-refractivity contribution in [2.75, 3.05) is 13.2 Å². The van der Waals surface area contributed by atoms with E-state index in [2.05, 4.69) is 5.32 Å². The van der Waals surface area contributed by atoms with E-state index >= 15 is 0 Å². The molecule has 0 radical (unpaired) electrons. The Bertz CT molecular complexity index is 1130. The van der Waals surface area contributed by atoms with Crippen molar-refractivity contribution in [3.05, 3.63) is 23.5 Å². The van der Waals surface area contributed by atoms with Gasteiger partial charge in [0.1, 0.15) is 35.0 Å². The molecule has 8 N–H and O–H groups in total. The number of fused-ring (bicyclic) bond motifs is 4. The van der Waals surface area contributed by atoms with Gasteiger partial charge in [-0.2, -0.15) is 0 Å². The van der Waals surface area contributed by atoms with Crippen LogP contribution in [-0.4, -0.2) is 92.2 Å². The van der Waals surface area contributed by atoms with Crippen LogP contribution >= 0.6 is 0 Å². The van der Waals surface area contributed by atoms with Crippen LogP contribution < -0.4 is 11.1 Å². The van der Waals surface area contributed by atoms with Crippen LogP contribution in [0.3, 0.4) is 0 Å². The van der Waals surface area contributed by atoms with E-state index in [0.29, 0.717) is 38.5 Å². The summed E-state index contributed by atoms with van der Waals surface area (Å²) < 4.78 is 12.4. The summed E-state index contributed by atoms with van der Waals surface area (Å²) in [6, 6.07) is 0. The molecule has 0 aromatic rings.